The van der Waals surface area contributed by atoms with E-state index in [1.54, 1.807) is 6.07 Å². The molecule has 0 aromatic carbocycles. The van der Waals surface area contributed by atoms with Crippen molar-refractivity contribution in [1.82, 2.24) is 4.98 Å². The Labute approximate surface area is 183 Å². The fourth-order valence-corrected chi connectivity index (χ4v) is 8.12. The second-order valence-electron chi connectivity index (χ2n) is 10.9. The van der Waals surface area contributed by atoms with Crippen molar-refractivity contribution in [3.05, 3.63) is 44.9 Å². The predicted octanol–water partition coefficient (Wildman–Crippen LogP) is 4.53. The number of hydrogen-bond donors (Lipinski definition) is 2. The number of aromatic nitrogens is 1. The van der Waals surface area contributed by atoms with Crippen LogP contribution in [-0.2, 0) is 0 Å². The third-order valence-corrected chi connectivity index (χ3v) is 9.74. The number of rotatable bonds is 1. The van der Waals surface area contributed by atoms with Crippen molar-refractivity contribution in [2.45, 2.75) is 77.2 Å². The summed E-state index contributed by atoms with van der Waals surface area (Å²) in [7, 11) is 0. The lowest BCUT2D eigenvalue weighted by atomic mass is 9.47. The zero-order valence-electron chi connectivity index (χ0n) is 18.4. The highest BCUT2D eigenvalue weighted by atomic mass is 16.3. The molecule has 0 aliphatic heterocycles. The van der Waals surface area contributed by atoms with Crippen molar-refractivity contribution in [3.63, 3.8) is 0 Å². The highest BCUT2D eigenvalue weighted by molar-refractivity contribution is 5.45. The van der Waals surface area contributed by atoms with Crippen LogP contribution < -0.4 is 5.56 Å². The van der Waals surface area contributed by atoms with Gasteiger partial charge in [-0.05, 0) is 86.0 Å². The number of nitriles is 2. The SMILES string of the molecule is C[C@@]12CC[C@@H]3[C@H](CC=C4C[C@@H](O)CC[C@@]43C)[C@H]1CC[C@@H]2c1cc(C#N)c(C#N)c(=O)[nH]1. The summed E-state index contributed by atoms with van der Waals surface area (Å²) >= 11 is 0. The number of allylic oxidation sites excluding steroid dienone is 1. The second-order valence-corrected chi connectivity index (χ2v) is 10.9. The third-order valence-electron chi connectivity index (χ3n) is 9.74. The quantitative estimate of drug-likeness (QED) is 0.656. The molecule has 5 heteroatoms. The number of nitrogens with zero attached hydrogens (tertiary/aromatic N) is 2. The molecule has 1 aromatic rings. The van der Waals surface area contributed by atoms with Crippen molar-refractivity contribution in [2.75, 3.05) is 0 Å². The van der Waals surface area contributed by atoms with Crippen LogP contribution in [0.2, 0.25) is 0 Å². The Morgan fingerprint density at radius 1 is 1.10 bits per heavy atom. The van der Waals surface area contributed by atoms with E-state index in [9.17, 15) is 20.4 Å². The summed E-state index contributed by atoms with van der Waals surface area (Å²) in [4.78, 5) is 15.4. The van der Waals surface area contributed by atoms with E-state index in [-0.39, 0.29) is 34.0 Å². The van der Waals surface area contributed by atoms with Gasteiger partial charge in [-0.1, -0.05) is 25.5 Å². The van der Waals surface area contributed by atoms with Gasteiger partial charge >= 0.3 is 0 Å². The van der Waals surface area contributed by atoms with E-state index in [1.807, 2.05) is 12.1 Å². The molecule has 0 spiro atoms. The minimum absolute atomic E-state index is 0.0768. The van der Waals surface area contributed by atoms with Crippen LogP contribution in [0.15, 0.2) is 22.5 Å². The molecule has 7 atom stereocenters. The Bertz CT molecular complexity index is 1090. The van der Waals surface area contributed by atoms with E-state index in [4.69, 9.17) is 0 Å². The van der Waals surface area contributed by atoms with Crippen LogP contribution in [-0.4, -0.2) is 16.2 Å². The maximum atomic E-state index is 12.5. The minimum atomic E-state index is -0.434. The van der Waals surface area contributed by atoms with Gasteiger partial charge in [-0.25, -0.2) is 0 Å². The summed E-state index contributed by atoms with van der Waals surface area (Å²) in [6, 6.07) is 5.69. The van der Waals surface area contributed by atoms with Crippen LogP contribution in [0.4, 0.5) is 0 Å². The molecule has 0 saturated heterocycles. The first-order valence-electron chi connectivity index (χ1n) is 11.8. The molecular formula is C26H31N3O2. The molecule has 0 amide bonds. The Morgan fingerprint density at radius 2 is 1.90 bits per heavy atom. The molecule has 5 rings (SSSR count). The van der Waals surface area contributed by atoms with Gasteiger partial charge in [0, 0.05) is 11.6 Å². The molecular weight excluding hydrogens is 386 g/mol. The van der Waals surface area contributed by atoms with Gasteiger partial charge in [-0.3, -0.25) is 4.79 Å². The van der Waals surface area contributed by atoms with Crippen LogP contribution in [0.1, 0.15) is 88.0 Å². The number of aliphatic hydroxyl groups is 1. The van der Waals surface area contributed by atoms with Gasteiger partial charge in [0.1, 0.15) is 17.7 Å². The van der Waals surface area contributed by atoms with Gasteiger partial charge < -0.3 is 10.1 Å². The Balaban J connectivity index is 1.49. The third kappa shape index (κ3) is 2.86. The maximum Gasteiger partial charge on any atom is 0.267 e. The van der Waals surface area contributed by atoms with E-state index >= 15 is 0 Å². The van der Waals surface area contributed by atoms with Gasteiger partial charge in [0.05, 0.1) is 11.7 Å². The smallest absolute Gasteiger partial charge is 0.267 e. The fourth-order valence-electron chi connectivity index (χ4n) is 8.12. The van der Waals surface area contributed by atoms with E-state index in [2.05, 4.69) is 24.9 Å². The number of H-pyrrole nitrogens is 1. The first-order chi connectivity index (χ1) is 14.8. The average molecular weight is 418 g/mol. The molecule has 2 N–H and O–H groups in total. The molecule has 3 fully saturated rings. The zero-order valence-corrected chi connectivity index (χ0v) is 18.4. The molecule has 0 unspecified atom stereocenters. The standard InChI is InChI=1S/C26H31N3O2/c1-25-9-7-17(30)12-16(25)3-4-18-20-5-6-22(26(20,2)10-8-21(18)25)23-11-15(13-27)19(14-28)24(31)29-23/h3,11,17-18,20-22,30H,4-10,12H2,1-2H3,(H,29,31)/t17-,18+,20+,21+,22+,25-,26+/m0/s1. The zero-order chi connectivity index (χ0) is 22.0. The summed E-state index contributed by atoms with van der Waals surface area (Å²) < 4.78 is 0. The molecule has 5 nitrogen and oxygen atoms in total. The lowest BCUT2D eigenvalue weighted by Gasteiger charge is -2.58. The summed E-state index contributed by atoms with van der Waals surface area (Å²) in [5.41, 5.74) is 2.33. The molecule has 3 saturated carbocycles. The number of hydrogen-bond acceptors (Lipinski definition) is 4. The van der Waals surface area contributed by atoms with E-state index in [0.717, 1.165) is 50.6 Å². The highest BCUT2D eigenvalue weighted by Crippen LogP contribution is 2.67. The largest absolute Gasteiger partial charge is 0.393 e. The monoisotopic (exact) mass is 417 g/mol. The topological polar surface area (TPSA) is 101 Å². The normalized spacial score (nSPS) is 41.2. The second kappa shape index (κ2) is 7.07. The van der Waals surface area contributed by atoms with Crippen molar-refractivity contribution in [3.8, 4) is 12.1 Å². The van der Waals surface area contributed by atoms with Crippen LogP contribution >= 0.6 is 0 Å². The van der Waals surface area contributed by atoms with Gasteiger partial charge in [0.25, 0.3) is 5.56 Å². The lowest BCUT2D eigenvalue weighted by Crippen LogP contribution is -2.50. The number of aliphatic hydroxyl groups excluding tert-OH is 1. The highest BCUT2D eigenvalue weighted by Gasteiger charge is 2.58. The molecule has 4 aliphatic rings. The number of nitrogens with one attached hydrogen (secondary N) is 1. The van der Waals surface area contributed by atoms with Crippen molar-refractivity contribution < 1.29 is 5.11 Å². The van der Waals surface area contributed by atoms with E-state index in [1.165, 1.54) is 12.0 Å². The first kappa shape index (κ1) is 20.5. The summed E-state index contributed by atoms with van der Waals surface area (Å²) in [6.45, 7) is 4.83. The lowest BCUT2D eigenvalue weighted by molar-refractivity contribution is -0.0412. The van der Waals surface area contributed by atoms with Crippen LogP contribution in [0.5, 0.6) is 0 Å². The maximum absolute atomic E-state index is 12.5. The fraction of sp³-hybridized carbons (Fsp3) is 0.654. The number of aromatic amines is 1. The molecule has 1 aromatic heterocycles. The van der Waals surface area contributed by atoms with Gasteiger partial charge in [-0.2, -0.15) is 10.5 Å². The van der Waals surface area contributed by atoms with Gasteiger partial charge in [0.15, 0.2) is 0 Å². The summed E-state index contributed by atoms with van der Waals surface area (Å²) in [5.74, 6) is 2.14. The Hall–Kier alpha value is -2.37. The van der Waals surface area contributed by atoms with E-state index < -0.39 is 5.56 Å². The Morgan fingerprint density at radius 3 is 2.65 bits per heavy atom. The molecule has 0 bridgehead atoms. The van der Waals surface area contributed by atoms with E-state index in [0.29, 0.717) is 17.8 Å². The Kier molecular flexibility index (Phi) is 4.68. The summed E-state index contributed by atoms with van der Waals surface area (Å²) in [5, 5.41) is 28.9. The van der Waals surface area contributed by atoms with Crippen LogP contribution in [0, 0.1) is 51.2 Å². The number of pyridine rings is 1. The minimum Gasteiger partial charge on any atom is -0.393 e. The van der Waals surface area contributed by atoms with Crippen LogP contribution in [0.25, 0.3) is 0 Å². The number of fused-ring (bicyclic) bond motifs is 5. The van der Waals surface area contributed by atoms with Crippen molar-refractivity contribution in [2.24, 2.45) is 28.6 Å². The van der Waals surface area contributed by atoms with Gasteiger partial charge in [0.2, 0.25) is 0 Å². The predicted molar refractivity (Wildman–Crippen MR) is 117 cm³/mol. The van der Waals surface area contributed by atoms with Crippen molar-refractivity contribution in [1.29, 1.82) is 10.5 Å². The summed E-state index contributed by atoms with van der Waals surface area (Å²) in [6.07, 6.45) is 10.7. The average Bonchev–Trinajstić information content (AvgIpc) is 3.10. The molecule has 1 heterocycles. The molecule has 31 heavy (non-hydrogen) atoms. The van der Waals surface area contributed by atoms with Crippen LogP contribution in [0.3, 0.4) is 0 Å². The van der Waals surface area contributed by atoms with Gasteiger partial charge in [-0.15, -0.1) is 0 Å². The first-order valence-corrected chi connectivity index (χ1v) is 11.8. The molecule has 4 aliphatic carbocycles. The van der Waals surface area contributed by atoms with Crippen molar-refractivity contribution >= 4 is 0 Å². The molecule has 0 radical (unpaired) electrons. The molecule has 162 valence electrons.